The Balaban J connectivity index is 1.87. The van der Waals surface area contributed by atoms with Crippen molar-refractivity contribution in [2.45, 2.75) is 26.9 Å². The zero-order valence-electron chi connectivity index (χ0n) is 18.5. The normalized spacial score (nSPS) is 11.9. The molecular formula is C27H22F3N3+2. The van der Waals surface area contributed by atoms with Crippen LogP contribution in [0.5, 0.6) is 0 Å². The zero-order chi connectivity index (χ0) is 23.3. The third kappa shape index (κ3) is 3.61. The van der Waals surface area contributed by atoms with E-state index in [-0.39, 0.29) is 0 Å². The molecule has 33 heavy (non-hydrogen) atoms. The van der Waals surface area contributed by atoms with Gasteiger partial charge in [0.1, 0.15) is 5.52 Å². The molecule has 2 aromatic heterocycles. The summed E-state index contributed by atoms with van der Waals surface area (Å²) in [6.07, 6.45) is -0.894. The van der Waals surface area contributed by atoms with Crippen LogP contribution in [0.25, 0.3) is 33.2 Å². The molecule has 0 N–H and O–H groups in total. The molecule has 0 aliphatic heterocycles. The van der Waals surface area contributed by atoms with Gasteiger partial charge in [-0.1, -0.05) is 30.3 Å². The van der Waals surface area contributed by atoms with E-state index in [0.717, 1.165) is 38.8 Å². The van der Waals surface area contributed by atoms with Gasteiger partial charge < -0.3 is 0 Å². The van der Waals surface area contributed by atoms with E-state index in [0.29, 0.717) is 11.4 Å². The summed E-state index contributed by atoms with van der Waals surface area (Å²) in [6, 6.07) is 19.8. The average molecular weight is 445 g/mol. The summed E-state index contributed by atoms with van der Waals surface area (Å²) in [5.74, 6) is 0. The smallest absolute Gasteiger partial charge is 0.243 e. The van der Waals surface area contributed by atoms with Gasteiger partial charge in [0.05, 0.1) is 17.3 Å². The van der Waals surface area contributed by atoms with Crippen LogP contribution in [-0.2, 0) is 6.18 Å². The minimum absolute atomic E-state index is 0.482. The number of halogens is 3. The van der Waals surface area contributed by atoms with Gasteiger partial charge in [0.15, 0.2) is 11.9 Å². The van der Waals surface area contributed by atoms with Crippen molar-refractivity contribution in [3.63, 3.8) is 0 Å². The fourth-order valence-corrected chi connectivity index (χ4v) is 4.38. The molecule has 5 rings (SSSR count). The summed E-state index contributed by atoms with van der Waals surface area (Å²) in [5, 5.41) is 2.00. The first-order valence-corrected chi connectivity index (χ1v) is 10.6. The fraction of sp³-hybridized carbons (Fsp3) is 0.148. The molecule has 0 spiro atoms. The van der Waals surface area contributed by atoms with Crippen molar-refractivity contribution in [2.24, 2.45) is 0 Å². The minimum atomic E-state index is -4.49. The van der Waals surface area contributed by atoms with Crippen LogP contribution < -0.4 is 9.13 Å². The van der Waals surface area contributed by atoms with Gasteiger partial charge >= 0.3 is 6.18 Å². The number of aryl methyl sites for hydroxylation is 2. The van der Waals surface area contributed by atoms with Crippen LogP contribution in [-0.4, -0.2) is 4.98 Å². The van der Waals surface area contributed by atoms with Crippen LogP contribution in [0.15, 0.2) is 79.1 Å². The number of hydrogen-bond donors (Lipinski definition) is 0. The lowest BCUT2D eigenvalue weighted by molar-refractivity contribution is -0.604. The first kappa shape index (κ1) is 21.1. The Hall–Kier alpha value is -3.80. The van der Waals surface area contributed by atoms with Crippen molar-refractivity contribution in [3.05, 3.63) is 102 Å². The molecule has 0 saturated heterocycles. The molecule has 5 aromatic rings. The van der Waals surface area contributed by atoms with Crippen molar-refractivity contribution in [1.82, 2.24) is 4.98 Å². The molecule has 0 aliphatic rings. The first-order chi connectivity index (χ1) is 15.7. The number of nitrogens with zero attached hydrogens (tertiary/aromatic N) is 3. The molecule has 0 atom stereocenters. The Morgan fingerprint density at radius 3 is 2.18 bits per heavy atom. The molecule has 0 unspecified atom stereocenters. The molecule has 3 nitrogen and oxygen atoms in total. The van der Waals surface area contributed by atoms with Crippen molar-refractivity contribution < 1.29 is 22.3 Å². The van der Waals surface area contributed by atoms with Crippen molar-refractivity contribution >= 4 is 21.8 Å². The number of benzene rings is 3. The summed E-state index contributed by atoms with van der Waals surface area (Å²) >= 11 is 0. The maximum absolute atomic E-state index is 14.0. The topological polar surface area (TPSA) is 20.6 Å². The van der Waals surface area contributed by atoms with Gasteiger partial charge in [-0.3, -0.25) is 0 Å². The molecule has 6 heteroatoms. The van der Waals surface area contributed by atoms with E-state index in [1.54, 1.807) is 6.20 Å². The first-order valence-electron chi connectivity index (χ1n) is 10.6. The van der Waals surface area contributed by atoms with Gasteiger partial charge in [-0.2, -0.15) is 22.3 Å². The van der Waals surface area contributed by atoms with Crippen molar-refractivity contribution in [3.8, 4) is 11.4 Å². The van der Waals surface area contributed by atoms with Gasteiger partial charge in [0.25, 0.3) is 0 Å². The summed E-state index contributed by atoms with van der Waals surface area (Å²) in [6.45, 7) is 5.63. The molecule has 0 fully saturated rings. The summed E-state index contributed by atoms with van der Waals surface area (Å²) in [7, 11) is 0. The number of rotatable bonds is 2. The van der Waals surface area contributed by atoms with Gasteiger partial charge in [-0.15, -0.1) is 0 Å². The Labute approximate surface area is 189 Å². The molecule has 0 radical (unpaired) electrons. The van der Waals surface area contributed by atoms with Gasteiger partial charge in [-0.05, 0) is 24.4 Å². The Morgan fingerprint density at radius 1 is 0.758 bits per heavy atom. The van der Waals surface area contributed by atoms with Crippen LogP contribution in [0.3, 0.4) is 0 Å². The van der Waals surface area contributed by atoms with E-state index in [2.05, 4.69) is 4.98 Å². The van der Waals surface area contributed by atoms with Crippen LogP contribution in [0.1, 0.15) is 22.5 Å². The monoisotopic (exact) mass is 445 g/mol. The lowest BCUT2D eigenvalue weighted by Gasteiger charge is -2.13. The average Bonchev–Trinajstić information content (AvgIpc) is 2.78. The zero-order valence-corrected chi connectivity index (χ0v) is 18.5. The largest absolute Gasteiger partial charge is 0.416 e. The van der Waals surface area contributed by atoms with E-state index >= 15 is 0 Å². The molecule has 3 aromatic carbocycles. The lowest BCUT2D eigenvalue weighted by atomic mass is 10.0. The van der Waals surface area contributed by atoms with E-state index in [4.69, 9.17) is 0 Å². The summed E-state index contributed by atoms with van der Waals surface area (Å²) in [4.78, 5) is 4.45. The van der Waals surface area contributed by atoms with Crippen LogP contribution in [0, 0.1) is 20.8 Å². The number of pyridine rings is 1. The Kier molecular flexibility index (Phi) is 4.89. The molecule has 0 saturated carbocycles. The predicted molar refractivity (Wildman–Crippen MR) is 122 cm³/mol. The van der Waals surface area contributed by atoms with E-state index in [1.807, 2.05) is 90.7 Å². The fourth-order valence-electron chi connectivity index (χ4n) is 4.38. The third-order valence-electron chi connectivity index (χ3n) is 6.06. The van der Waals surface area contributed by atoms with Gasteiger partial charge in [-0.25, -0.2) is 4.98 Å². The summed E-state index contributed by atoms with van der Waals surface area (Å²) in [5.41, 5.74) is 4.11. The molecule has 0 amide bonds. The highest BCUT2D eigenvalue weighted by molar-refractivity contribution is 5.81. The maximum Gasteiger partial charge on any atom is 0.416 e. The number of hydrogen-bond acceptors (Lipinski definition) is 1. The Bertz CT molecular complexity index is 1540. The van der Waals surface area contributed by atoms with Crippen LogP contribution in [0.4, 0.5) is 13.2 Å². The lowest BCUT2D eigenvalue weighted by Crippen LogP contribution is -2.40. The SMILES string of the molecule is Cc1c(-[n+]2cc3ccccc3cc2C)cc(C(F)(F)F)cc1-[n+]1c(C)cnc2ccccc21. The molecule has 2 heterocycles. The third-order valence-corrected chi connectivity index (χ3v) is 6.06. The highest BCUT2D eigenvalue weighted by Gasteiger charge is 2.36. The summed E-state index contributed by atoms with van der Waals surface area (Å²) < 4.78 is 45.8. The highest BCUT2D eigenvalue weighted by atomic mass is 19.4. The number of fused-ring (bicyclic) bond motifs is 2. The van der Waals surface area contributed by atoms with Crippen molar-refractivity contribution in [1.29, 1.82) is 0 Å². The minimum Gasteiger partial charge on any atom is -0.243 e. The molecule has 0 bridgehead atoms. The number of alkyl halides is 3. The second-order valence-electron chi connectivity index (χ2n) is 8.27. The molecular weight excluding hydrogens is 423 g/mol. The maximum atomic E-state index is 14.0. The standard InChI is InChI=1S/C27H22F3N3/c1-17-12-20-8-4-5-9-21(20)16-32(17)25-13-22(27(28,29)30)14-26(19(25)3)33-18(2)15-31-23-10-6-7-11-24(23)33/h4-16H,1-3H3/q+2. The predicted octanol–water partition coefficient (Wildman–Crippen LogP) is 5.89. The van der Waals surface area contributed by atoms with Gasteiger partial charge in [0.2, 0.25) is 22.6 Å². The van der Waals surface area contributed by atoms with Crippen LogP contribution in [0.2, 0.25) is 0 Å². The number of para-hydroxylation sites is 2. The molecule has 0 aliphatic carbocycles. The quantitative estimate of drug-likeness (QED) is 0.311. The van der Waals surface area contributed by atoms with E-state index < -0.39 is 11.7 Å². The van der Waals surface area contributed by atoms with Crippen LogP contribution >= 0.6 is 0 Å². The van der Waals surface area contributed by atoms with E-state index in [1.165, 1.54) is 12.1 Å². The highest BCUT2D eigenvalue weighted by Crippen LogP contribution is 2.33. The number of aromatic nitrogens is 3. The molecule has 164 valence electrons. The Morgan fingerprint density at radius 2 is 1.42 bits per heavy atom. The van der Waals surface area contributed by atoms with E-state index in [9.17, 15) is 13.2 Å². The van der Waals surface area contributed by atoms with Crippen molar-refractivity contribution in [2.75, 3.05) is 0 Å². The van der Waals surface area contributed by atoms with Gasteiger partial charge in [0, 0.05) is 43.5 Å². The second kappa shape index (κ2) is 7.66. The second-order valence-corrected chi connectivity index (χ2v) is 8.27.